The lowest BCUT2D eigenvalue weighted by molar-refractivity contribution is -0.138. The molecule has 9 heteroatoms. The van der Waals surface area contributed by atoms with Crippen LogP contribution in [0.3, 0.4) is 0 Å². The summed E-state index contributed by atoms with van der Waals surface area (Å²) >= 11 is 0. The number of rotatable bonds is 7. The first-order chi connectivity index (χ1) is 18.0. The number of methoxy groups -OCH3 is 3. The van der Waals surface area contributed by atoms with Gasteiger partial charge in [0.2, 0.25) is 12.5 Å². The molecule has 0 aliphatic carbocycles. The number of hydrogen-bond donors (Lipinski definition) is 1. The standard InChI is InChI=1S/C28H27NO8/c1-5-35-28(31)24-25(16-9-7-6-8-10-16)29(17-11-22(32-2)27(34-4)23(12-17)33-3)19-14-21-20(36-15-37-21)13-18(19)26(24)30/h6-14,25,30H,5,15H2,1-4H3. The molecule has 0 fully saturated rings. The second-order valence-corrected chi connectivity index (χ2v) is 8.27. The number of fused-ring (bicyclic) bond motifs is 2. The van der Waals surface area contributed by atoms with E-state index in [9.17, 15) is 9.90 Å². The van der Waals surface area contributed by atoms with Crippen LogP contribution >= 0.6 is 0 Å². The van der Waals surface area contributed by atoms with Crippen LogP contribution in [0, 0.1) is 0 Å². The molecule has 5 rings (SSSR count). The zero-order valence-corrected chi connectivity index (χ0v) is 20.9. The van der Waals surface area contributed by atoms with Crippen molar-refractivity contribution in [3.63, 3.8) is 0 Å². The maximum absolute atomic E-state index is 13.4. The van der Waals surface area contributed by atoms with Gasteiger partial charge in [0, 0.05) is 29.4 Å². The van der Waals surface area contributed by atoms with E-state index in [1.54, 1.807) is 31.2 Å². The average molecular weight is 506 g/mol. The molecule has 0 amide bonds. The van der Waals surface area contributed by atoms with Crippen LogP contribution in [0.2, 0.25) is 0 Å². The molecule has 9 nitrogen and oxygen atoms in total. The van der Waals surface area contributed by atoms with Crippen LogP contribution in [0.25, 0.3) is 5.76 Å². The first-order valence-corrected chi connectivity index (χ1v) is 11.7. The summed E-state index contributed by atoms with van der Waals surface area (Å²) in [5.41, 5.74) is 2.46. The Balaban J connectivity index is 1.84. The van der Waals surface area contributed by atoms with E-state index < -0.39 is 12.0 Å². The molecule has 2 aliphatic rings. The van der Waals surface area contributed by atoms with Crippen molar-refractivity contribution < 1.29 is 38.3 Å². The predicted molar refractivity (Wildman–Crippen MR) is 136 cm³/mol. The van der Waals surface area contributed by atoms with E-state index in [4.69, 9.17) is 28.4 Å². The number of benzene rings is 3. The molecule has 0 spiro atoms. The van der Waals surface area contributed by atoms with Crippen LogP contribution in [-0.4, -0.2) is 45.8 Å². The van der Waals surface area contributed by atoms with Crippen molar-refractivity contribution in [2.75, 3.05) is 39.6 Å². The summed E-state index contributed by atoms with van der Waals surface area (Å²) in [5.74, 6) is 1.47. The number of carbonyl (C=O) groups excluding carboxylic acids is 1. The number of nitrogens with zero attached hydrogens (tertiary/aromatic N) is 1. The molecule has 2 aliphatic heterocycles. The highest BCUT2D eigenvalue weighted by Crippen LogP contribution is 2.54. The minimum Gasteiger partial charge on any atom is -0.507 e. The van der Waals surface area contributed by atoms with Crippen molar-refractivity contribution in [3.05, 3.63) is 71.3 Å². The van der Waals surface area contributed by atoms with E-state index >= 15 is 0 Å². The highest BCUT2D eigenvalue weighted by atomic mass is 16.7. The lowest BCUT2D eigenvalue weighted by Crippen LogP contribution is -2.34. The zero-order valence-electron chi connectivity index (χ0n) is 20.9. The monoisotopic (exact) mass is 505 g/mol. The van der Waals surface area contributed by atoms with Crippen molar-refractivity contribution in [1.82, 2.24) is 0 Å². The number of carbonyl (C=O) groups is 1. The summed E-state index contributed by atoms with van der Waals surface area (Å²) in [6.45, 7) is 1.92. The van der Waals surface area contributed by atoms with Crippen LogP contribution in [0.5, 0.6) is 28.7 Å². The lowest BCUT2D eigenvalue weighted by Gasteiger charge is -2.40. The summed E-state index contributed by atoms with van der Waals surface area (Å²) < 4.78 is 33.4. The molecule has 0 saturated heterocycles. The Morgan fingerprint density at radius 1 is 0.973 bits per heavy atom. The van der Waals surface area contributed by atoms with Crippen LogP contribution in [0.1, 0.15) is 24.1 Å². The fraction of sp³-hybridized carbons (Fsp3) is 0.250. The smallest absolute Gasteiger partial charge is 0.340 e. The van der Waals surface area contributed by atoms with E-state index in [-0.39, 0.29) is 24.7 Å². The van der Waals surface area contributed by atoms with Gasteiger partial charge >= 0.3 is 5.97 Å². The normalized spacial score (nSPS) is 15.8. The number of esters is 1. The third-order valence-electron chi connectivity index (χ3n) is 6.33. The van der Waals surface area contributed by atoms with E-state index in [0.29, 0.717) is 45.7 Å². The van der Waals surface area contributed by atoms with Gasteiger partial charge in [0.05, 0.1) is 39.7 Å². The first kappa shape index (κ1) is 24.2. The molecule has 3 aromatic carbocycles. The van der Waals surface area contributed by atoms with Gasteiger partial charge in [0.15, 0.2) is 23.0 Å². The SMILES string of the molecule is CCOC(=O)C1=C(O)c2cc3c(cc2N(c2cc(OC)c(OC)c(OC)c2)C1c1ccccc1)OCO3. The highest BCUT2D eigenvalue weighted by molar-refractivity contribution is 6.03. The molecular weight excluding hydrogens is 478 g/mol. The van der Waals surface area contributed by atoms with Gasteiger partial charge in [-0.15, -0.1) is 0 Å². The fourth-order valence-electron chi connectivity index (χ4n) is 4.73. The molecule has 0 radical (unpaired) electrons. The van der Waals surface area contributed by atoms with Gasteiger partial charge in [-0.05, 0) is 18.6 Å². The molecule has 0 aromatic heterocycles. The van der Waals surface area contributed by atoms with E-state index in [0.717, 1.165) is 5.56 Å². The minimum absolute atomic E-state index is 0.0553. The van der Waals surface area contributed by atoms with Gasteiger partial charge in [-0.1, -0.05) is 30.3 Å². The van der Waals surface area contributed by atoms with Gasteiger partial charge in [-0.2, -0.15) is 0 Å². The first-order valence-electron chi connectivity index (χ1n) is 11.7. The molecular formula is C28H27NO8. The number of hydrogen-bond acceptors (Lipinski definition) is 9. The van der Waals surface area contributed by atoms with Crippen molar-refractivity contribution >= 4 is 23.1 Å². The largest absolute Gasteiger partial charge is 0.507 e. The number of anilines is 2. The summed E-state index contributed by atoms with van der Waals surface area (Å²) in [7, 11) is 4.60. The Morgan fingerprint density at radius 3 is 2.22 bits per heavy atom. The summed E-state index contributed by atoms with van der Waals surface area (Å²) in [4.78, 5) is 15.3. The lowest BCUT2D eigenvalue weighted by atomic mass is 9.88. The molecule has 0 bridgehead atoms. The third kappa shape index (κ3) is 4.02. The number of aliphatic hydroxyl groups excluding tert-OH is 1. The van der Waals surface area contributed by atoms with Crippen molar-refractivity contribution in [2.24, 2.45) is 0 Å². The topological polar surface area (TPSA) is 95.9 Å². The van der Waals surface area contributed by atoms with E-state index in [2.05, 4.69) is 0 Å². The number of ether oxygens (including phenoxy) is 6. The minimum atomic E-state index is -0.754. The van der Waals surface area contributed by atoms with Gasteiger partial charge in [-0.3, -0.25) is 0 Å². The zero-order chi connectivity index (χ0) is 26.1. The molecule has 37 heavy (non-hydrogen) atoms. The van der Waals surface area contributed by atoms with Crippen molar-refractivity contribution in [3.8, 4) is 28.7 Å². The maximum Gasteiger partial charge on any atom is 0.340 e. The molecule has 1 N–H and O–H groups in total. The molecule has 2 heterocycles. The van der Waals surface area contributed by atoms with Crippen LogP contribution < -0.4 is 28.6 Å². The average Bonchev–Trinajstić information content (AvgIpc) is 3.39. The third-order valence-corrected chi connectivity index (χ3v) is 6.33. The second-order valence-electron chi connectivity index (χ2n) is 8.27. The van der Waals surface area contributed by atoms with Crippen LogP contribution in [-0.2, 0) is 9.53 Å². The van der Waals surface area contributed by atoms with Crippen molar-refractivity contribution in [1.29, 1.82) is 0 Å². The van der Waals surface area contributed by atoms with Crippen LogP contribution in [0.4, 0.5) is 11.4 Å². The molecule has 3 aromatic rings. The Morgan fingerprint density at radius 2 is 1.62 bits per heavy atom. The number of aliphatic hydroxyl groups is 1. The van der Waals surface area contributed by atoms with Crippen molar-refractivity contribution in [2.45, 2.75) is 13.0 Å². The van der Waals surface area contributed by atoms with Gasteiger partial charge in [-0.25, -0.2) is 4.79 Å². The molecule has 0 saturated carbocycles. The Bertz CT molecular complexity index is 1340. The van der Waals surface area contributed by atoms with Gasteiger partial charge < -0.3 is 38.4 Å². The quantitative estimate of drug-likeness (QED) is 0.437. The van der Waals surface area contributed by atoms with E-state index in [1.807, 2.05) is 35.2 Å². The highest BCUT2D eigenvalue weighted by Gasteiger charge is 2.41. The second kappa shape index (κ2) is 9.85. The fourth-order valence-corrected chi connectivity index (χ4v) is 4.73. The Kier molecular flexibility index (Phi) is 6.43. The molecule has 1 atom stereocenters. The maximum atomic E-state index is 13.4. The molecule has 192 valence electrons. The Hall–Kier alpha value is -4.53. The summed E-state index contributed by atoms with van der Waals surface area (Å²) in [6, 6.07) is 15.7. The summed E-state index contributed by atoms with van der Waals surface area (Å²) in [6.07, 6.45) is 0. The van der Waals surface area contributed by atoms with Gasteiger partial charge in [0.1, 0.15) is 11.3 Å². The Labute approximate surface area is 214 Å². The van der Waals surface area contributed by atoms with E-state index in [1.165, 1.54) is 21.3 Å². The summed E-state index contributed by atoms with van der Waals surface area (Å²) in [5, 5.41) is 11.5. The molecule has 1 unspecified atom stereocenters. The van der Waals surface area contributed by atoms with Gasteiger partial charge in [0.25, 0.3) is 0 Å². The van der Waals surface area contributed by atoms with Crippen LogP contribution in [0.15, 0.2) is 60.2 Å². The predicted octanol–water partition coefficient (Wildman–Crippen LogP) is 5.17.